The molecule has 108 valence electrons. The van der Waals surface area contributed by atoms with E-state index in [1.807, 2.05) is 19.2 Å². The van der Waals surface area contributed by atoms with Crippen molar-refractivity contribution in [2.45, 2.75) is 6.04 Å². The van der Waals surface area contributed by atoms with Crippen molar-refractivity contribution in [2.75, 3.05) is 7.05 Å². The average Bonchev–Trinajstić information content (AvgIpc) is 2.88. The number of hydrogen-bond acceptors (Lipinski definition) is 2. The van der Waals surface area contributed by atoms with Crippen molar-refractivity contribution in [3.63, 3.8) is 0 Å². The maximum absolute atomic E-state index is 14.3. The highest BCUT2D eigenvalue weighted by molar-refractivity contribution is 9.10. The van der Waals surface area contributed by atoms with Crippen LogP contribution < -0.4 is 5.32 Å². The fraction of sp³-hybridized carbons (Fsp3) is 0.125. The van der Waals surface area contributed by atoms with Crippen molar-refractivity contribution in [1.82, 2.24) is 5.32 Å². The van der Waals surface area contributed by atoms with E-state index in [9.17, 15) is 4.39 Å². The molecule has 0 spiro atoms. The molecule has 21 heavy (non-hydrogen) atoms. The molecule has 0 radical (unpaired) electrons. The smallest absolute Gasteiger partial charge is 0.129 e. The molecule has 0 fully saturated rings. The van der Waals surface area contributed by atoms with Crippen LogP contribution in [0.4, 0.5) is 4.39 Å². The Labute approximate surface area is 139 Å². The summed E-state index contributed by atoms with van der Waals surface area (Å²) in [4.78, 5) is 1.07. The summed E-state index contributed by atoms with van der Waals surface area (Å²) in [6.45, 7) is 0. The molecular weight excluding hydrogens is 373 g/mol. The van der Waals surface area contributed by atoms with Crippen LogP contribution in [0.2, 0.25) is 5.02 Å². The van der Waals surface area contributed by atoms with Crippen LogP contribution in [0.3, 0.4) is 0 Å². The molecule has 1 unspecified atom stereocenters. The Balaban J connectivity index is 2.11. The average molecular weight is 385 g/mol. The molecule has 3 rings (SSSR count). The molecule has 0 saturated carbocycles. The second-order valence-electron chi connectivity index (χ2n) is 4.70. The third-order valence-electron chi connectivity index (χ3n) is 3.37. The summed E-state index contributed by atoms with van der Waals surface area (Å²) in [5.41, 5.74) is 0.553. The standard InChI is InChI=1S/C16H12BrClFNS/c1-20-16(10-7-12(18)11(17)8-13(10)19)15-6-9-4-2-3-5-14(9)21-15/h2-8,16,20H,1H3. The van der Waals surface area contributed by atoms with Gasteiger partial charge in [0.2, 0.25) is 0 Å². The van der Waals surface area contributed by atoms with Crippen LogP contribution in [0.15, 0.2) is 46.9 Å². The Bertz CT molecular complexity index is 769. The van der Waals surface area contributed by atoms with Crippen molar-refractivity contribution >= 4 is 49.0 Å². The zero-order valence-corrected chi connectivity index (χ0v) is 14.3. The number of nitrogens with one attached hydrogen (secondary N) is 1. The minimum atomic E-state index is -0.275. The molecule has 1 aromatic heterocycles. The van der Waals surface area contributed by atoms with Gasteiger partial charge in [0.25, 0.3) is 0 Å². The number of fused-ring (bicyclic) bond motifs is 1. The van der Waals surface area contributed by atoms with Crippen molar-refractivity contribution in [3.8, 4) is 0 Å². The number of benzene rings is 2. The highest BCUT2D eigenvalue weighted by atomic mass is 79.9. The van der Waals surface area contributed by atoms with Crippen molar-refractivity contribution in [2.24, 2.45) is 0 Å². The van der Waals surface area contributed by atoms with E-state index in [0.29, 0.717) is 15.1 Å². The van der Waals surface area contributed by atoms with Gasteiger partial charge in [-0.1, -0.05) is 29.8 Å². The van der Waals surface area contributed by atoms with Gasteiger partial charge in [-0.2, -0.15) is 0 Å². The molecule has 1 atom stereocenters. The van der Waals surface area contributed by atoms with Crippen LogP contribution in [0.5, 0.6) is 0 Å². The lowest BCUT2D eigenvalue weighted by molar-refractivity contribution is 0.578. The number of halogens is 3. The monoisotopic (exact) mass is 383 g/mol. The van der Waals surface area contributed by atoms with Gasteiger partial charge in [0, 0.05) is 19.6 Å². The Morgan fingerprint density at radius 2 is 2.00 bits per heavy atom. The van der Waals surface area contributed by atoms with E-state index in [1.165, 1.54) is 16.2 Å². The van der Waals surface area contributed by atoms with Gasteiger partial charge < -0.3 is 5.32 Å². The predicted molar refractivity (Wildman–Crippen MR) is 91.8 cm³/mol. The lowest BCUT2D eigenvalue weighted by Gasteiger charge is -2.16. The van der Waals surface area contributed by atoms with E-state index in [0.717, 1.165) is 4.88 Å². The Kier molecular flexibility index (Phi) is 4.31. The molecule has 0 aliphatic rings. The number of rotatable bonds is 3. The van der Waals surface area contributed by atoms with E-state index < -0.39 is 0 Å². The third kappa shape index (κ3) is 2.86. The first kappa shape index (κ1) is 15.0. The topological polar surface area (TPSA) is 12.0 Å². The maximum atomic E-state index is 14.3. The van der Waals surface area contributed by atoms with Crippen LogP contribution >= 0.6 is 38.9 Å². The molecule has 0 amide bonds. The van der Waals surface area contributed by atoms with E-state index in [-0.39, 0.29) is 11.9 Å². The summed E-state index contributed by atoms with van der Waals surface area (Å²) >= 11 is 11.0. The zero-order chi connectivity index (χ0) is 15.0. The van der Waals surface area contributed by atoms with Crippen molar-refractivity contribution in [1.29, 1.82) is 0 Å². The van der Waals surface area contributed by atoms with E-state index in [4.69, 9.17) is 11.6 Å². The van der Waals surface area contributed by atoms with Crippen LogP contribution in [-0.4, -0.2) is 7.05 Å². The Hall–Kier alpha value is -0.940. The molecule has 1 heterocycles. The van der Waals surface area contributed by atoms with Crippen molar-refractivity contribution < 1.29 is 4.39 Å². The maximum Gasteiger partial charge on any atom is 0.129 e. The summed E-state index contributed by atoms with van der Waals surface area (Å²) in [5.74, 6) is -0.275. The number of hydrogen-bond donors (Lipinski definition) is 1. The highest BCUT2D eigenvalue weighted by Crippen LogP contribution is 2.36. The summed E-state index contributed by atoms with van der Waals surface area (Å²) in [7, 11) is 1.82. The van der Waals surface area contributed by atoms with Crippen LogP contribution in [0.25, 0.3) is 10.1 Å². The van der Waals surface area contributed by atoms with Gasteiger partial charge >= 0.3 is 0 Å². The zero-order valence-electron chi connectivity index (χ0n) is 11.2. The SMILES string of the molecule is CNC(c1cc2ccccc2s1)c1cc(Cl)c(Br)cc1F. The highest BCUT2D eigenvalue weighted by Gasteiger charge is 2.20. The molecule has 1 nitrogen and oxygen atoms in total. The second-order valence-corrected chi connectivity index (χ2v) is 7.07. The van der Waals surface area contributed by atoms with Crippen molar-refractivity contribution in [3.05, 3.63) is 68.2 Å². The fourth-order valence-corrected chi connectivity index (χ4v) is 4.04. The largest absolute Gasteiger partial charge is 0.309 e. The Morgan fingerprint density at radius 1 is 1.24 bits per heavy atom. The molecule has 1 N–H and O–H groups in total. The van der Waals surface area contributed by atoms with Gasteiger partial charge in [-0.25, -0.2) is 4.39 Å². The molecular formula is C16H12BrClFNS. The quantitative estimate of drug-likeness (QED) is 0.566. The van der Waals surface area contributed by atoms with E-state index in [1.54, 1.807) is 17.4 Å². The first-order valence-electron chi connectivity index (χ1n) is 6.40. The van der Waals surface area contributed by atoms with E-state index in [2.05, 4.69) is 39.4 Å². The first-order chi connectivity index (χ1) is 10.1. The minimum Gasteiger partial charge on any atom is -0.309 e. The Morgan fingerprint density at radius 3 is 2.71 bits per heavy atom. The molecule has 2 aromatic carbocycles. The van der Waals surface area contributed by atoms with Gasteiger partial charge in [0.1, 0.15) is 5.82 Å². The van der Waals surface area contributed by atoms with Crippen LogP contribution in [-0.2, 0) is 0 Å². The minimum absolute atomic E-state index is 0.215. The summed E-state index contributed by atoms with van der Waals surface area (Å²) in [6.07, 6.45) is 0. The van der Waals surface area contributed by atoms with E-state index >= 15 is 0 Å². The molecule has 0 saturated heterocycles. The summed E-state index contributed by atoms with van der Waals surface area (Å²) in [6, 6.07) is 13.1. The molecule has 5 heteroatoms. The summed E-state index contributed by atoms with van der Waals surface area (Å²) < 4.78 is 16.0. The predicted octanol–water partition coefficient (Wildman–Crippen LogP) is 5.77. The second kappa shape index (κ2) is 6.05. The molecule has 0 aliphatic heterocycles. The lowest BCUT2D eigenvalue weighted by atomic mass is 10.0. The van der Waals surface area contributed by atoms with Crippen LogP contribution in [0, 0.1) is 5.82 Å². The lowest BCUT2D eigenvalue weighted by Crippen LogP contribution is -2.17. The van der Waals surface area contributed by atoms with Gasteiger partial charge in [-0.15, -0.1) is 11.3 Å². The fourth-order valence-electron chi connectivity index (χ4n) is 2.35. The van der Waals surface area contributed by atoms with Crippen LogP contribution in [0.1, 0.15) is 16.5 Å². The van der Waals surface area contributed by atoms with Gasteiger partial charge in [0.15, 0.2) is 0 Å². The summed E-state index contributed by atoms with van der Waals surface area (Å²) in [5, 5.41) is 4.85. The van der Waals surface area contributed by atoms with Gasteiger partial charge in [-0.3, -0.25) is 0 Å². The third-order valence-corrected chi connectivity index (χ3v) is 5.75. The molecule has 0 bridgehead atoms. The normalized spacial score (nSPS) is 12.8. The molecule has 3 aromatic rings. The van der Waals surface area contributed by atoms with Gasteiger partial charge in [0.05, 0.1) is 11.1 Å². The first-order valence-corrected chi connectivity index (χ1v) is 8.39. The number of thiophene rings is 1. The van der Waals surface area contributed by atoms with Gasteiger partial charge in [-0.05, 0) is 52.6 Å². The molecule has 0 aliphatic carbocycles.